The van der Waals surface area contributed by atoms with Gasteiger partial charge in [-0.25, -0.2) is 9.97 Å². The van der Waals surface area contributed by atoms with Crippen LogP contribution in [-0.4, -0.2) is 35.6 Å². The minimum Gasteiger partial charge on any atom is -0.368 e. The summed E-state index contributed by atoms with van der Waals surface area (Å²) in [6, 6.07) is 13.2. The van der Waals surface area contributed by atoms with Gasteiger partial charge in [0.05, 0.1) is 17.1 Å². The number of ether oxygens (including phenoxy) is 1. The van der Waals surface area contributed by atoms with Gasteiger partial charge in [-0.3, -0.25) is 4.79 Å². The first-order chi connectivity index (χ1) is 14.1. The Hall–Kier alpha value is -2.41. The van der Waals surface area contributed by atoms with E-state index in [0.29, 0.717) is 53.3 Å². The summed E-state index contributed by atoms with van der Waals surface area (Å²) >= 11 is 12.4. The summed E-state index contributed by atoms with van der Waals surface area (Å²) in [5.41, 5.74) is 1.69. The van der Waals surface area contributed by atoms with Crippen molar-refractivity contribution in [3.63, 3.8) is 0 Å². The number of fused-ring (bicyclic) bond motifs is 1. The summed E-state index contributed by atoms with van der Waals surface area (Å²) < 4.78 is 5.43. The molecule has 0 saturated heterocycles. The number of rotatable bonds is 9. The largest absolute Gasteiger partial charge is 0.368 e. The van der Waals surface area contributed by atoms with Crippen molar-refractivity contribution < 1.29 is 9.53 Å². The van der Waals surface area contributed by atoms with Crippen LogP contribution in [0.15, 0.2) is 42.5 Å². The summed E-state index contributed by atoms with van der Waals surface area (Å²) in [5.74, 6) is 1.16. The number of carbonyl (C=O) groups excluding carboxylic acids is 1. The van der Waals surface area contributed by atoms with Crippen molar-refractivity contribution >= 4 is 45.8 Å². The molecule has 0 aliphatic heterocycles. The Bertz CT molecular complexity index is 983. The molecule has 152 valence electrons. The van der Waals surface area contributed by atoms with Gasteiger partial charge in [0.25, 0.3) is 0 Å². The predicted octanol–water partition coefficient (Wildman–Crippen LogP) is 4.24. The third-order valence-corrected chi connectivity index (χ3v) is 4.67. The van der Waals surface area contributed by atoms with Crippen molar-refractivity contribution in [1.82, 2.24) is 15.3 Å². The molecule has 0 spiro atoms. The molecule has 2 N–H and O–H groups in total. The van der Waals surface area contributed by atoms with Gasteiger partial charge in [-0.15, -0.1) is 0 Å². The van der Waals surface area contributed by atoms with Crippen molar-refractivity contribution in [2.45, 2.75) is 20.0 Å². The lowest BCUT2D eigenvalue weighted by Crippen LogP contribution is -2.31. The highest BCUT2D eigenvalue weighted by atomic mass is 35.5. The molecule has 3 rings (SSSR count). The Labute approximate surface area is 179 Å². The molecule has 0 aliphatic carbocycles. The van der Waals surface area contributed by atoms with Gasteiger partial charge in [0.15, 0.2) is 0 Å². The monoisotopic (exact) mass is 432 g/mol. The maximum Gasteiger partial charge on any atom is 0.246 e. The molecule has 1 aromatic heterocycles. The minimum absolute atomic E-state index is 0.0104. The van der Waals surface area contributed by atoms with E-state index in [9.17, 15) is 4.79 Å². The van der Waals surface area contributed by atoms with E-state index >= 15 is 0 Å². The Morgan fingerprint density at radius 1 is 1.10 bits per heavy atom. The van der Waals surface area contributed by atoms with E-state index in [1.807, 2.05) is 37.3 Å². The van der Waals surface area contributed by atoms with Gasteiger partial charge >= 0.3 is 0 Å². The average molecular weight is 433 g/mol. The maximum absolute atomic E-state index is 11.9. The molecule has 0 saturated carbocycles. The molecule has 0 fully saturated rings. The minimum atomic E-state index is -0.171. The predicted molar refractivity (Wildman–Crippen MR) is 117 cm³/mol. The molecule has 0 unspecified atom stereocenters. The molecule has 1 amide bonds. The number of benzene rings is 2. The first kappa shape index (κ1) is 21.3. The number of hydrogen-bond donors (Lipinski definition) is 2. The molecule has 29 heavy (non-hydrogen) atoms. The lowest BCUT2D eigenvalue weighted by Gasteiger charge is -2.12. The van der Waals surface area contributed by atoms with Crippen molar-refractivity contribution in [2.75, 3.05) is 25.0 Å². The van der Waals surface area contributed by atoms with Crippen molar-refractivity contribution in [3.05, 3.63) is 63.9 Å². The second-order valence-corrected chi connectivity index (χ2v) is 7.22. The Kier molecular flexibility index (Phi) is 7.63. The summed E-state index contributed by atoms with van der Waals surface area (Å²) in [5, 5.41) is 7.79. The zero-order chi connectivity index (χ0) is 20.6. The zero-order valence-electron chi connectivity index (χ0n) is 16.0. The summed E-state index contributed by atoms with van der Waals surface area (Å²) in [7, 11) is 0. The standard InChI is InChI=1S/C21H22Cl2N4O2/c1-2-18-26-20-16(10-15(22)11-17(20)23)21(27-18)25-9-8-24-19(28)13-29-12-14-6-4-3-5-7-14/h3-7,10-11H,2,8-9,12-13H2,1H3,(H,24,28)(H,25,26,27). The van der Waals surface area contributed by atoms with Crippen LogP contribution in [-0.2, 0) is 22.6 Å². The molecule has 2 aromatic carbocycles. The van der Waals surface area contributed by atoms with Crippen LogP contribution < -0.4 is 10.6 Å². The molecule has 3 aromatic rings. The number of hydrogen-bond acceptors (Lipinski definition) is 5. The smallest absolute Gasteiger partial charge is 0.246 e. The molecule has 6 nitrogen and oxygen atoms in total. The number of halogens is 2. The van der Waals surface area contributed by atoms with Crippen LogP contribution in [0.25, 0.3) is 10.9 Å². The van der Waals surface area contributed by atoms with E-state index in [1.165, 1.54) is 0 Å². The first-order valence-electron chi connectivity index (χ1n) is 9.34. The fourth-order valence-corrected chi connectivity index (χ4v) is 3.30. The van der Waals surface area contributed by atoms with Gasteiger partial charge in [-0.05, 0) is 17.7 Å². The van der Waals surface area contributed by atoms with E-state index in [0.717, 1.165) is 10.9 Å². The van der Waals surface area contributed by atoms with Crippen LogP contribution >= 0.6 is 23.2 Å². The van der Waals surface area contributed by atoms with Gasteiger partial charge < -0.3 is 15.4 Å². The fraction of sp³-hybridized carbons (Fsp3) is 0.286. The molecule has 0 bridgehead atoms. The van der Waals surface area contributed by atoms with Crippen molar-refractivity contribution in [3.8, 4) is 0 Å². The molecule has 0 aliphatic rings. The summed E-state index contributed by atoms with van der Waals surface area (Å²) in [4.78, 5) is 20.9. The Balaban J connectivity index is 1.51. The zero-order valence-corrected chi connectivity index (χ0v) is 17.6. The van der Waals surface area contributed by atoms with E-state index in [1.54, 1.807) is 12.1 Å². The Morgan fingerprint density at radius 3 is 2.66 bits per heavy atom. The lowest BCUT2D eigenvalue weighted by atomic mass is 10.2. The number of nitrogens with one attached hydrogen (secondary N) is 2. The number of anilines is 1. The van der Waals surface area contributed by atoms with Crippen LogP contribution in [0.2, 0.25) is 10.0 Å². The highest BCUT2D eigenvalue weighted by Crippen LogP contribution is 2.30. The third-order valence-electron chi connectivity index (χ3n) is 4.17. The van der Waals surface area contributed by atoms with Crippen molar-refractivity contribution in [2.24, 2.45) is 0 Å². The quantitative estimate of drug-likeness (QED) is 0.494. The van der Waals surface area contributed by atoms with Crippen LogP contribution in [0.3, 0.4) is 0 Å². The number of amides is 1. The number of aryl methyl sites for hydroxylation is 1. The van der Waals surface area contributed by atoms with E-state index in [4.69, 9.17) is 27.9 Å². The van der Waals surface area contributed by atoms with Gasteiger partial charge in [-0.2, -0.15) is 0 Å². The SMILES string of the molecule is CCc1nc(NCCNC(=O)COCc2ccccc2)c2cc(Cl)cc(Cl)c2n1. The Morgan fingerprint density at radius 2 is 1.90 bits per heavy atom. The van der Waals surface area contributed by atoms with Crippen LogP contribution in [0.5, 0.6) is 0 Å². The van der Waals surface area contributed by atoms with Gasteiger partial charge in [0.1, 0.15) is 18.2 Å². The topological polar surface area (TPSA) is 76.1 Å². The third kappa shape index (κ3) is 6.03. The number of nitrogens with zero attached hydrogens (tertiary/aromatic N) is 2. The average Bonchev–Trinajstić information content (AvgIpc) is 2.72. The normalized spacial score (nSPS) is 10.9. The fourth-order valence-electron chi connectivity index (χ4n) is 2.77. The van der Waals surface area contributed by atoms with E-state index in [2.05, 4.69) is 20.6 Å². The molecule has 0 atom stereocenters. The second-order valence-electron chi connectivity index (χ2n) is 6.38. The first-order valence-corrected chi connectivity index (χ1v) is 10.1. The number of aromatic nitrogens is 2. The molecular formula is C21H22Cl2N4O2. The van der Waals surface area contributed by atoms with Gasteiger partial charge in [0, 0.05) is 29.9 Å². The van der Waals surface area contributed by atoms with Gasteiger partial charge in [-0.1, -0.05) is 60.5 Å². The van der Waals surface area contributed by atoms with Crippen molar-refractivity contribution in [1.29, 1.82) is 0 Å². The van der Waals surface area contributed by atoms with Gasteiger partial charge in [0.2, 0.25) is 5.91 Å². The van der Waals surface area contributed by atoms with E-state index < -0.39 is 0 Å². The maximum atomic E-state index is 11.9. The number of carbonyl (C=O) groups is 1. The summed E-state index contributed by atoms with van der Waals surface area (Å²) in [6.45, 7) is 3.31. The lowest BCUT2D eigenvalue weighted by molar-refractivity contribution is -0.126. The molecule has 8 heteroatoms. The summed E-state index contributed by atoms with van der Waals surface area (Å²) in [6.07, 6.45) is 0.680. The van der Waals surface area contributed by atoms with Crippen LogP contribution in [0.1, 0.15) is 18.3 Å². The second kappa shape index (κ2) is 10.4. The molecule has 0 radical (unpaired) electrons. The van der Waals surface area contributed by atoms with E-state index in [-0.39, 0.29) is 12.5 Å². The van der Waals surface area contributed by atoms with Crippen LogP contribution in [0.4, 0.5) is 5.82 Å². The highest BCUT2D eigenvalue weighted by molar-refractivity contribution is 6.38. The molecule has 1 heterocycles. The van der Waals surface area contributed by atoms with Crippen LogP contribution in [0, 0.1) is 0 Å². The molecular weight excluding hydrogens is 411 g/mol. The highest BCUT2D eigenvalue weighted by Gasteiger charge is 2.11.